The van der Waals surface area contributed by atoms with Gasteiger partial charge in [0.15, 0.2) is 11.4 Å². The van der Waals surface area contributed by atoms with Gasteiger partial charge in [0.2, 0.25) is 5.91 Å². The highest BCUT2D eigenvalue weighted by atomic mass is 19.1. The van der Waals surface area contributed by atoms with Crippen LogP contribution in [0.3, 0.4) is 0 Å². The second kappa shape index (κ2) is 10.1. The number of hydrogen-bond acceptors (Lipinski definition) is 5. The Kier molecular flexibility index (Phi) is 6.95. The molecule has 2 amide bonds. The van der Waals surface area contributed by atoms with E-state index in [9.17, 15) is 23.9 Å². The molecule has 3 aromatic rings. The minimum Gasteiger partial charge on any atom is -0.372 e. The molecule has 34 heavy (non-hydrogen) atoms. The molecule has 174 valence electrons. The number of imide groups is 1. The highest BCUT2D eigenvalue weighted by Crippen LogP contribution is 2.30. The molecule has 0 unspecified atom stereocenters. The van der Waals surface area contributed by atoms with E-state index in [0.29, 0.717) is 36.1 Å². The Bertz CT molecular complexity index is 1130. The number of nitrogens with one attached hydrogen (secondary N) is 1. The first kappa shape index (κ1) is 23.5. The predicted octanol–water partition coefficient (Wildman–Crippen LogP) is 3.05. The van der Waals surface area contributed by atoms with Crippen LogP contribution >= 0.6 is 0 Å². The summed E-state index contributed by atoms with van der Waals surface area (Å²) in [5, 5.41) is 13.9. The first-order valence-electron chi connectivity index (χ1n) is 11.1. The number of likely N-dealkylation sites (tertiary alicyclic amines) is 1. The number of carbonyl (C=O) groups excluding carboxylic acids is 3. The first-order chi connectivity index (χ1) is 16.4. The van der Waals surface area contributed by atoms with Gasteiger partial charge in [0.1, 0.15) is 5.82 Å². The molecule has 0 radical (unpaired) electrons. The molecule has 4 rings (SSSR count). The van der Waals surface area contributed by atoms with Crippen LogP contribution < -0.4 is 5.32 Å². The Morgan fingerprint density at radius 1 is 0.912 bits per heavy atom. The number of Topliss-reactive ketones (excluding diaryl/α,β-unsaturated/α-hetero) is 1. The van der Waals surface area contributed by atoms with Crippen LogP contribution in [-0.4, -0.2) is 46.7 Å². The summed E-state index contributed by atoms with van der Waals surface area (Å²) >= 11 is 0. The third-order valence-corrected chi connectivity index (χ3v) is 6.13. The van der Waals surface area contributed by atoms with Crippen molar-refractivity contribution in [3.05, 3.63) is 107 Å². The Morgan fingerprint density at radius 2 is 1.47 bits per heavy atom. The number of halogens is 1. The van der Waals surface area contributed by atoms with E-state index in [1.165, 1.54) is 24.3 Å². The van der Waals surface area contributed by atoms with Crippen molar-refractivity contribution in [2.75, 3.05) is 13.1 Å². The zero-order valence-electron chi connectivity index (χ0n) is 18.5. The Balaban J connectivity index is 1.51. The normalized spacial score (nSPS) is 16.2. The number of nitrogens with zero attached hydrogens (tertiary/aromatic N) is 1. The highest BCUT2D eigenvalue weighted by Gasteiger charge is 2.42. The number of hydrogen-bond donors (Lipinski definition) is 2. The molecule has 7 heteroatoms. The van der Waals surface area contributed by atoms with Gasteiger partial charge in [-0.3, -0.25) is 24.6 Å². The van der Waals surface area contributed by atoms with Gasteiger partial charge in [-0.2, -0.15) is 0 Å². The number of carbonyl (C=O) groups is 3. The molecule has 0 bridgehead atoms. The van der Waals surface area contributed by atoms with Crippen LogP contribution in [0, 0.1) is 5.82 Å². The SMILES string of the molecule is O=C(CN1CCC[C@H]1C(=O)NC(=O)C(O)(c1ccccc1)c1ccccc1)c1ccc(F)cc1. The molecule has 6 nitrogen and oxygen atoms in total. The van der Waals surface area contributed by atoms with Crippen LogP contribution in [0.1, 0.15) is 34.3 Å². The fourth-order valence-corrected chi connectivity index (χ4v) is 4.30. The molecule has 1 aliphatic rings. The average molecular weight is 461 g/mol. The van der Waals surface area contributed by atoms with Crippen molar-refractivity contribution in [2.45, 2.75) is 24.5 Å². The van der Waals surface area contributed by atoms with E-state index in [0.717, 1.165) is 0 Å². The molecule has 1 aliphatic heterocycles. The van der Waals surface area contributed by atoms with Crippen molar-refractivity contribution in [3.8, 4) is 0 Å². The maximum Gasteiger partial charge on any atom is 0.267 e. The van der Waals surface area contributed by atoms with E-state index in [1.807, 2.05) is 0 Å². The van der Waals surface area contributed by atoms with Crippen molar-refractivity contribution >= 4 is 17.6 Å². The second-order valence-electron chi connectivity index (χ2n) is 8.32. The van der Waals surface area contributed by atoms with Crippen LogP contribution in [-0.2, 0) is 15.2 Å². The van der Waals surface area contributed by atoms with E-state index in [1.54, 1.807) is 65.6 Å². The Labute approximate surface area is 197 Å². The van der Waals surface area contributed by atoms with Crippen molar-refractivity contribution in [1.29, 1.82) is 0 Å². The van der Waals surface area contributed by atoms with Gasteiger partial charge in [0.25, 0.3) is 5.91 Å². The quantitative estimate of drug-likeness (QED) is 0.530. The fraction of sp³-hybridized carbons (Fsp3) is 0.222. The average Bonchev–Trinajstić information content (AvgIpc) is 3.33. The molecule has 1 atom stereocenters. The summed E-state index contributed by atoms with van der Waals surface area (Å²) in [5.41, 5.74) is -1.04. The van der Waals surface area contributed by atoms with Crippen molar-refractivity contribution < 1.29 is 23.9 Å². The van der Waals surface area contributed by atoms with Gasteiger partial charge >= 0.3 is 0 Å². The fourth-order valence-electron chi connectivity index (χ4n) is 4.30. The number of benzene rings is 3. The molecule has 1 fully saturated rings. The van der Waals surface area contributed by atoms with E-state index in [-0.39, 0.29) is 12.3 Å². The summed E-state index contributed by atoms with van der Waals surface area (Å²) in [6, 6.07) is 21.4. The molecule has 0 spiro atoms. The number of ketones is 1. The Hall–Kier alpha value is -3.68. The lowest BCUT2D eigenvalue weighted by Gasteiger charge is -2.29. The van der Waals surface area contributed by atoms with E-state index in [2.05, 4.69) is 5.32 Å². The first-order valence-corrected chi connectivity index (χ1v) is 11.1. The number of aliphatic hydroxyl groups is 1. The van der Waals surface area contributed by atoms with E-state index < -0.39 is 29.3 Å². The number of rotatable bonds is 7. The van der Waals surface area contributed by atoms with Gasteiger partial charge in [0.05, 0.1) is 12.6 Å². The van der Waals surface area contributed by atoms with Gasteiger partial charge in [-0.1, -0.05) is 60.7 Å². The van der Waals surface area contributed by atoms with Gasteiger partial charge in [-0.05, 0) is 54.8 Å². The summed E-state index contributed by atoms with van der Waals surface area (Å²) in [4.78, 5) is 40.7. The predicted molar refractivity (Wildman–Crippen MR) is 124 cm³/mol. The molecule has 0 aliphatic carbocycles. The number of amides is 2. The van der Waals surface area contributed by atoms with Crippen LogP contribution in [0.2, 0.25) is 0 Å². The van der Waals surface area contributed by atoms with Crippen molar-refractivity contribution in [1.82, 2.24) is 10.2 Å². The second-order valence-corrected chi connectivity index (χ2v) is 8.32. The lowest BCUT2D eigenvalue weighted by Crippen LogP contribution is -2.53. The minimum absolute atomic E-state index is 0.0282. The molecular weight excluding hydrogens is 435 g/mol. The zero-order valence-corrected chi connectivity index (χ0v) is 18.5. The summed E-state index contributed by atoms with van der Waals surface area (Å²) in [7, 11) is 0. The third-order valence-electron chi connectivity index (χ3n) is 6.13. The molecule has 3 aromatic carbocycles. The van der Waals surface area contributed by atoms with Crippen molar-refractivity contribution in [2.24, 2.45) is 0 Å². The van der Waals surface area contributed by atoms with Gasteiger partial charge < -0.3 is 5.11 Å². The standard InChI is InChI=1S/C27H25FN2O4/c28-22-15-13-19(14-16-22)24(31)18-30-17-7-12-23(30)25(32)29-26(33)27(34,20-8-3-1-4-9-20)21-10-5-2-6-11-21/h1-6,8-11,13-16,23,34H,7,12,17-18H2,(H,29,32,33)/t23-/m0/s1. The summed E-state index contributed by atoms with van der Waals surface area (Å²) in [6.07, 6.45) is 1.16. The lowest BCUT2D eigenvalue weighted by atomic mass is 9.85. The van der Waals surface area contributed by atoms with Crippen LogP contribution in [0.15, 0.2) is 84.9 Å². The van der Waals surface area contributed by atoms with E-state index in [4.69, 9.17) is 0 Å². The molecule has 1 heterocycles. The highest BCUT2D eigenvalue weighted by molar-refractivity contribution is 6.04. The monoisotopic (exact) mass is 460 g/mol. The van der Waals surface area contributed by atoms with Gasteiger partial charge in [-0.25, -0.2) is 4.39 Å². The Morgan fingerprint density at radius 3 is 2.03 bits per heavy atom. The summed E-state index contributed by atoms with van der Waals surface area (Å²) in [6.45, 7) is 0.487. The minimum atomic E-state index is -2.06. The maximum atomic E-state index is 13.3. The van der Waals surface area contributed by atoms with Crippen LogP contribution in [0.5, 0.6) is 0 Å². The lowest BCUT2D eigenvalue weighted by molar-refractivity contribution is -0.142. The van der Waals surface area contributed by atoms with Gasteiger partial charge in [-0.15, -0.1) is 0 Å². The molecule has 1 saturated heterocycles. The third kappa shape index (κ3) is 4.81. The molecular formula is C27H25FN2O4. The van der Waals surface area contributed by atoms with E-state index >= 15 is 0 Å². The molecule has 0 aromatic heterocycles. The van der Waals surface area contributed by atoms with Crippen LogP contribution in [0.25, 0.3) is 0 Å². The molecule has 0 saturated carbocycles. The maximum absolute atomic E-state index is 13.3. The topological polar surface area (TPSA) is 86.7 Å². The summed E-state index contributed by atoms with van der Waals surface area (Å²) < 4.78 is 13.2. The largest absolute Gasteiger partial charge is 0.372 e. The zero-order chi connectivity index (χ0) is 24.1. The molecule has 2 N–H and O–H groups in total. The van der Waals surface area contributed by atoms with Crippen molar-refractivity contribution in [3.63, 3.8) is 0 Å². The van der Waals surface area contributed by atoms with Gasteiger partial charge in [0, 0.05) is 5.56 Å². The summed E-state index contributed by atoms with van der Waals surface area (Å²) in [5.74, 6) is -2.10. The van der Waals surface area contributed by atoms with Crippen LogP contribution in [0.4, 0.5) is 4.39 Å². The smallest absolute Gasteiger partial charge is 0.267 e.